The third-order valence-corrected chi connectivity index (χ3v) is 5.22. The smallest absolute Gasteiger partial charge is 0.310 e. The van der Waals surface area contributed by atoms with Gasteiger partial charge in [0.15, 0.2) is 0 Å². The lowest BCUT2D eigenvalue weighted by Crippen LogP contribution is -2.12. The Kier molecular flexibility index (Phi) is 4.57. The van der Waals surface area contributed by atoms with Crippen molar-refractivity contribution in [1.29, 1.82) is 0 Å². The molecule has 1 aliphatic rings. The summed E-state index contributed by atoms with van der Waals surface area (Å²) in [6.45, 7) is 1.94. The van der Waals surface area contributed by atoms with Crippen LogP contribution in [0.4, 0.5) is 0 Å². The Morgan fingerprint density at radius 1 is 0.731 bits per heavy atom. The van der Waals surface area contributed by atoms with Crippen LogP contribution in [0.2, 0.25) is 0 Å². The van der Waals surface area contributed by atoms with Crippen molar-refractivity contribution in [3.63, 3.8) is 0 Å². The summed E-state index contributed by atoms with van der Waals surface area (Å²) in [5, 5.41) is 0. The molecular weight excluding hydrogens is 320 g/mol. The monoisotopic (exact) mass is 342 g/mol. The molecule has 4 rings (SSSR count). The Bertz CT molecular complexity index is 813. The molecule has 0 unspecified atom stereocenters. The molecule has 26 heavy (non-hydrogen) atoms. The van der Waals surface area contributed by atoms with Gasteiger partial charge in [-0.2, -0.15) is 0 Å². The topological polar surface area (TPSA) is 26.3 Å². The Hall–Kier alpha value is -2.87. The van der Waals surface area contributed by atoms with Gasteiger partial charge >= 0.3 is 5.97 Å². The summed E-state index contributed by atoms with van der Waals surface area (Å²) in [5.74, 6) is 0.151. The number of benzene rings is 3. The minimum absolute atomic E-state index is 0.107. The van der Waals surface area contributed by atoms with Crippen LogP contribution in [0.1, 0.15) is 41.6 Å². The van der Waals surface area contributed by atoms with Crippen LogP contribution in [0.5, 0.6) is 0 Å². The summed E-state index contributed by atoms with van der Waals surface area (Å²) in [7, 11) is 0. The first-order chi connectivity index (χ1) is 12.8. The lowest BCUT2D eigenvalue weighted by molar-refractivity contribution is -0.150. The fourth-order valence-corrected chi connectivity index (χ4v) is 3.83. The summed E-state index contributed by atoms with van der Waals surface area (Å²) in [4.78, 5) is 12.9. The van der Waals surface area contributed by atoms with E-state index < -0.39 is 0 Å². The third-order valence-electron chi connectivity index (χ3n) is 5.22. The number of carbonyl (C=O) groups excluding carboxylic acids is 1. The molecule has 0 bridgehead atoms. The Labute approximate surface area is 154 Å². The van der Waals surface area contributed by atoms with Gasteiger partial charge in [0.1, 0.15) is 6.10 Å². The predicted octanol–water partition coefficient (Wildman–Crippen LogP) is 5.49. The van der Waals surface area contributed by atoms with Crippen molar-refractivity contribution in [2.24, 2.45) is 5.92 Å². The maximum atomic E-state index is 12.9. The summed E-state index contributed by atoms with van der Waals surface area (Å²) in [6, 6.07) is 30.5. The number of hydrogen-bond donors (Lipinski definition) is 0. The zero-order valence-corrected chi connectivity index (χ0v) is 14.8. The zero-order chi connectivity index (χ0) is 17.9. The maximum absolute atomic E-state index is 12.9. The number of esters is 1. The lowest BCUT2D eigenvalue weighted by Gasteiger charge is -2.13. The van der Waals surface area contributed by atoms with Gasteiger partial charge in [-0.3, -0.25) is 4.79 Å². The molecule has 2 heteroatoms. The van der Waals surface area contributed by atoms with Crippen molar-refractivity contribution in [2.75, 3.05) is 0 Å². The van der Waals surface area contributed by atoms with Gasteiger partial charge in [0.25, 0.3) is 0 Å². The quantitative estimate of drug-likeness (QED) is 0.573. The van der Waals surface area contributed by atoms with Gasteiger partial charge in [-0.1, -0.05) is 91.0 Å². The standard InChI is InChI=1S/C24H22O2/c1-17(18-11-5-2-6-12-18)26-24(25)23-21(19-13-7-3-8-14-19)22(23)20-15-9-4-10-16-20/h2-17,21-23H,1H3/t17-,21-,22-/m0/s1. The fourth-order valence-electron chi connectivity index (χ4n) is 3.83. The molecule has 0 aromatic heterocycles. The molecule has 1 fully saturated rings. The lowest BCUT2D eigenvalue weighted by atomic mass is 10.0. The Morgan fingerprint density at radius 3 is 1.62 bits per heavy atom. The van der Waals surface area contributed by atoms with Crippen molar-refractivity contribution in [3.8, 4) is 0 Å². The van der Waals surface area contributed by atoms with Crippen molar-refractivity contribution in [1.82, 2.24) is 0 Å². The second-order valence-corrected chi connectivity index (χ2v) is 6.89. The van der Waals surface area contributed by atoms with E-state index in [0.717, 1.165) is 5.56 Å². The Balaban J connectivity index is 1.56. The fraction of sp³-hybridized carbons (Fsp3) is 0.208. The van der Waals surface area contributed by atoms with Crippen molar-refractivity contribution in [3.05, 3.63) is 108 Å². The van der Waals surface area contributed by atoms with Gasteiger partial charge in [-0.05, 0) is 23.6 Å². The van der Waals surface area contributed by atoms with E-state index in [1.807, 2.05) is 73.7 Å². The highest BCUT2D eigenvalue weighted by Gasteiger charge is 2.57. The van der Waals surface area contributed by atoms with E-state index in [1.54, 1.807) is 0 Å². The minimum Gasteiger partial charge on any atom is -0.458 e. The first-order valence-corrected chi connectivity index (χ1v) is 9.11. The number of hydrogen-bond acceptors (Lipinski definition) is 2. The van der Waals surface area contributed by atoms with Gasteiger partial charge in [-0.15, -0.1) is 0 Å². The van der Waals surface area contributed by atoms with Gasteiger partial charge in [-0.25, -0.2) is 0 Å². The molecule has 3 aromatic rings. The van der Waals surface area contributed by atoms with Crippen LogP contribution >= 0.6 is 0 Å². The summed E-state index contributed by atoms with van der Waals surface area (Å²) < 4.78 is 5.82. The normalized spacial score (nSPS) is 22.4. The predicted molar refractivity (Wildman–Crippen MR) is 103 cm³/mol. The molecule has 0 heterocycles. The molecule has 0 spiro atoms. The average Bonchev–Trinajstić information content (AvgIpc) is 3.46. The molecule has 0 aliphatic heterocycles. The largest absolute Gasteiger partial charge is 0.458 e. The zero-order valence-electron chi connectivity index (χ0n) is 14.8. The van der Waals surface area contributed by atoms with Gasteiger partial charge in [0.2, 0.25) is 0 Å². The molecule has 0 saturated heterocycles. The van der Waals surface area contributed by atoms with E-state index in [0.29, 0.717) is 0 Å². The minimum atomic E-state index is -0.239. The van der Waals surface area contributed by atoms with Gasteiger partial charge in [0, 0.05) is 11.8 Å². The molecule has 0 N–H and O–H groups in total. The van der Waals surface area contributed by atoms with Crippen LogP contribution in [0, 0.1) is 5.92 Å². The van der Waals surface area contributed by atoms with Crippen molar-refractivity contribution < 1.29 is 9.53 Å². The van der Waals surface area contributed by atoms with Crippen molar-refractivity contribution in [2.45, 2.75) is 24.9 Å². The molecule has 1 saturated carbocycles. The molecule has 130 valence electrons. The molecular formula is C24H22O2. The molecule has 0 radical (unpaired) electrons. The summed E-state index contributed by atoms with van der Waals surface area (Å²) in [5.41, 5.74) is 3.43. The Morgan fingerprint density at radius 2 is 1.15 bits per heavy atom. The summed E-state index contributed by atoms with van der Waals surface area (Å²) in [6.07, 6.45) is -0.239. The van der Waals surface area contributed by atoms with Gasteiger partial charge < -0.3 is 4.74 Å². The first-order valence-electron chi connectivity index (χ1n) is 9.11. The number of rotatable bonds is 5. The first kappa shape index (κ1) is 16.6. The summed E-state index contributed by atoms with van der Waals surface area (Å²) >= 11 is 0. The highest BCUT2D eigenvalue weighted by atomic mass is 16.5. The maximum Gasteiger partial charge on any atom is 0.310 e. The van der Waals surface area contributed by atoms with Crippen LogP contribution < -0.4 is 0 Å². The molecule has 1 aliphatic carbocycles. The SMILES string of the molecule is C[C@H](OC(=O)C1[C@@H](c2ccccc2)[C@@H]1c1ccccc1)c1ccccc1. The molecule has 3 atom stereocenters. The van der Waals surface area contributed by atoms with Crippen LogP contribution in [0.25, 0.3) is 0 Å². The van der Waals surface area contributed by atoms with E-state index in [9.17, 15) is 4.79 Å². The van der Waals surface area contributed by atoms with E-state index >= 15 is 0 Å². The number of ether oxygens (including phenoxy) is 1. The van der Waals surface area contributed by atoms with Crippen LogP contribution in [-0.4, -0.2) is 5.97 Å². The number of carbonyl (C=O) groups is 1. The molecule has 3 aromatic carbocycles. The van der Waals surface area contributed by atoms with Crippen LogP contribution in [-0.2, 0) is 9.53 Å². The second-order valence-electron chi connectivity index (χ2n) is 6.89. The van der Waals surface area contributed by atoms with E-state index in [4.69, 9.17) is 4.74 Å². The second kappa shape index (κ2) is 7.17. The van der Waals surface area contributed by atoms with Crippen LogP contribution in [0.3, 0.4) is 0 Å². The highest BCUT2D eigenvalue weighted by Crippen LogP contribution is 2.61. The molecule has 0 amide bonds. The van der Waals surface area contributed by atoms with E-state index in [-0.39, 0.29) is 29.8 Å². The highest BCUT2D eigenvalue weighted by molar-refractivity contribution is 5.80. The molecule has 2 nitrogen and oxygen atoms in total. The third kappa shape index (κ3) is 3.28. The van der Waals surface area contributed by atoms with E-state index in [1.165, 1.54) is 11.1 Å². The average molecular weight is 342 g/mol. The van der Waals surface area contributed by atoms with E-state index in [2.05, 4.69) is 24.3 Å². The van der Waals surface area contributed by atoms with Gasteiger partial charge in [0.05, 0.1) is 5.92 Å². The van der Waals surface area contributed by atoms with Crippen LogP contribution in [0.15, 0.2) is 91.0 Å². The van der Waals surface area contributed by atoms with Crippen molar-refractivity contribution >= 4 is 5.97 Å².